The van der Waals surface area contributed by atoms with Crippen LogP contribution in [0.15, 0.2) is 297 Å². The molecular formula is C89H93NO17. The van der Waals surface area contributed by atoms with Crippen molar-refractivity contribution in [3.63, 3.8) is 0 Å². The average Bonchev–Trinajstić information content (AvgIpc) is 0.758. The normalized spacial score (nSPS) is 20.5. The molecule has 0 aliphatic carbocycles. The summed E-state index contributed by atoms with van der Waals surface area (Å²) in [7, 11) is 1.61. The number of rotatable bonds is 40. The zero-order chi connectivity index (χ0) is 73.3. The van der Waals surface area contributed by atoms with Gasteiger partial charge in [0.15, 0.2) is 18.7 Å². The highest BCUT2D eigenvalue weighted by Crippen LogP contribution is 2.40. The first-order chi connectivity index (χ1) is 52.8. The van der Waals surface area contributed by atoms with Crippen molar-refractivity contribution in [2.45, 2.75) is 140 Å². The van der Waals surface area contributed by atoms with Gasteiger partial charge in [-0.15, -0.1) is 0 Å². The van der Waals surface area contributed by atoms with E-state index in [1.54, 1.807) is 31.4 Å². The molecule has 2 fully saturated rings. The van der Waals surface area contributed by atoms with Crippen molar-refractivity contribution in [1.82, 2.24) is 5.32 Å². The standard InChI is InChI=1S/C89H93NO17/c1-93-75-50-48-73(49-51-75)61-101-82-80(99-58-69-38-19-6-20-39-69)78(76(97-56-67-34-15-4-16-35-67)63-94-54-65-30-11-2-12-31-65)106-88(85(82)104-86(91)74-46-27-10-28-47-74)107-83-81(100-59-70-40-21-7-22-41-70)79(77(98-57-68-36-17-5-18-37-68)64-95-55-66-32-13-3-14-33-66)105-87(84(83)102-60-71-42-23-8-24-43-71)96-53-29-52-90-89(92)103-62-72-44-25-9-26-45-72/h2-28,30-51,76-85,87-88H,29,52-64H2,1H3,(H,90,92)/t76-,77-,78+,79+,80+,81+,82-,83-,84-,85-,87+,88-/m0/s1. The van der Waals surface area contributed by atoms with Gasteiger partial charge in [0, 0.05) is 6.54 Å². The number of alkyl carbamates (subject to hydrolysis) is 1. The fourth-order valence-electron chi connectivity index (χ4n) is 12.7. The molecule has 1 amide bonds. The van der Waals surface area contributed by atoms with Crippen molar-refractivity contribution < 1.29 is 80.6 Å². The molecule has 12 rings (SSSR count). The molecule has 0 radical (unpaired) electrons. The van der Waals surface area contributed by atoms with E-state index in [0.717, 1.165) is 50.1 Å². The molecule has 2 aliphatic heterocycles. The molecule has 10 aromatic rings. The molecule has 0 unspecified atom stereocenters. The SMILES string of the molecule is COc1ccc(CO[C@H]2[C@H](OCc3ccccc3)[C@@H]([C@H](COCc3ccccc3)OCc3ccccc3)O[C@@H](O[C@H]3[C@H](OCc4ccccc4)[C@@H]([C@H](COCc4ccccc4)OCc4ccccc4)O[C@@H](OCCCNC(=O)OCc4ccccc4)[C@H]3OCc3ccccc3)[C@H]2OC(=O)c2ccccc2)cc1. The van der Waals surface area contributed by atoms with Crippen LogP contribution in [0.1, 0.15) is 66.8 Å². The molecule has 556 valence electrons. The Morgan fingerprint density at radius 3 is 1.14 bits per heavy atom. The van der Waals surface area contributed by atoms with Crippen molar-refractivity contribution in [3.8, 4) is 5.75 Å². The first-order valence-electron chi connectivity index (χ1n) is 36.4. The first-order valence-corrected chi connectivity index (χ1v) is 36.4. The summed E-state index contributed by atoms with van der Waals surface area (Å²) in [6.07, 6.45) is -14.7. The van der Waals surface area contributed by atoms with Gasteiger partial charge in [0.25, 0.3) is 0 Å². The summed E-state index contributed by atoms with van der Waals surface area (Å²) in [5.41, 5.74) is 8.05. The van der Waals surface area contributed by atoms with Crippen LogP contribution in [0.25, 0.3) is 0 Å². The lowest BCUT2D eigenvalue weighted by Gasteiger charge is -2.51. The van der Waals surface area contributed by atoms with Crippen LogP contribution >= 0.6 is 0 Å². The van der Waals surface area contributed by atoms with E-state index in [4.69, 9.17) is 71.1 Å². The number of benzene rings is 10. The lowest BCUT2D eigenvalue weighted by molar-refractivity contribution is -0.383. The third-order valence-electron chi connectivity index (χ3n) is 18.3. The lowest BCUT2D eigenvalue weighted by Crippen LogP contribution is -2.68. The summed E-state index contributed by atoms with van der Waals surface area (Å²) in [5.74, 6) is -0.0472. The highest BCUT2D eigenvalue weighted by Gasteiger charge is 2.58. The molecule has 1 N–H and O–H groups in total. The van der Waals surface area contributed by atoms with Crippen LogP contribution in [0.2, 0.25) is 0 Å². The molecule has 18 nitrogen and oxygen atoms in total. The summed E-state index contributed by atoms with van der Waals surface area (Å²) in [6, 6.07) is 94.5. The molecule has 18 heteroatoms. The molecule has 0 bridgehead atoms. The number of esters is 1. The summed E-state index contributed by atoms with van der Waals surface area (Å²) in [5, 5.41) is 2.88. The van der Waals surface area contributed by atoms with Crippen LogP contribution in [0.5, 0.6) is 5.75 Å². The van der Waals surface area contributed by atoms with E-state index < -0.39 is 85.7 Å². The van der Waals surface area contributed by atoms with E-state index in [0.29, 0.717) is 12.2 Å². The van der Waals surface area contributed by atoms with Crippen molar-refractivity contribution in [2.24, 2.45) is 0 Å². The van der Waals surface area contributed by atoms with Gasteiger partial charge in [-0.25, -0.2) is 9.59 Å². The summed E-state index contributed by atoms with van der Waals surface area (Å²) >= 11 is 0. The summed E-state index contributed by atoms with van der Waals surface area (Å²) in [4.78, 5) is 28.6. The van der Waals surface area contributed by atoms with Crippen molar-refractivity contribution >= 4 is 12.1 Å². The molecule has 2 heterocycles. The number of nitrogens with one attached hydrogen (secondary N) is 1. The Morgan fingerprint density at radius 2 is 0.710 bits per heavy atom. The van der Waals surface area contributed by atoms with Crippen molar-refractivity contribution in [3.05, 3.63) is 353 Å². The van der Waals surface area contributed by atoms with Crippen LogP contribution < -0.4 is 10.1 Å². The lowest BCUT2D eigenvalue weighted by atomic mass is 9.92. The Balaban J connectivity index is 1.00. The zero-order valence-electron chi connectivity index (χ0n) is 60.1. The quantitative estimate of drug-likeness (QED) is 0.0282. The largest absolute Gasteiger partial charge is 0.497 e. The maximum atomic E-state index is 15.4. The highest BCUT2D eigenvalue weighted by atomic mass is 16.8. The van der Waals surface area contributed by atoms with Crippen LogP contribution in [-0.4, -0.2) is 119 Å². The molecule has 2 aliphatic rings. The number of hydrogen-bond donors (Lipinski definition) is 1. The van der Waals surface area contributed by atoms with Gasteiger partial charge in [0.1, 0.15) is 67.3 Å². The minimum absolute atomic E-state index is 0.00791. The van der Waals surface area contributed by atoms with Crippen molar-refractivity contribution in [1.29, 1.82) is 0 Å². The van der Waals surface area contributed by atoms with Gasteiger partial charge in [-0.05, 0) is 80.8 Å². The second kappa shape index (κ2) is 42.0. The van der Waals surface area contributed by atoms with Gasteiger partial charge in [-0.3, -0.25) is 0 Å². The maximum absolute atomic E-state index is 15.4. The Labute approximate surface area is 626 Å². The Kier molecular flexibility index (Phi) is 30.2. The van der Waals surface area contributed by atoms with E-state index in [1.165, 1.54) is 0 Å². The fraction of sp³-hybridized carbons (Fsp3) is 0.303. The van der Waals surface area contributed by atoms with Gasteiger partial charge in [-0.1, -0.05) is 273 Å². The van der Waals surface area contributed by atoms with Crippen molar-refractivity contribution in [2.75, 3.05) is 33.5 Å². The fourth-order valence-corrected chi connectivity index (χ4v) is 12.7. The number of methoxy groups -OCH3 is 1. The van der Waals surface area contributed by atoms with Crippen LogP contribution in [0.3, 0.4) is 0 Å². The van der Waals surface area contributed by atoms with Gasteiger partial charge in [0.05, 0.1) is 85.3 Å². The van der Waals surface area contributed by atoms with E-state index >= 15 is 4.79 Å². The Bertz CT molecular complexity index is 4110. The number of ether oxygens (including phenoxy) is 15. The van der Waals surface area contributed by atoms with Gasteiger partial charge < -0.3 is 76.4 Å². The molecule has 10 aromatic carbocycles. The number of amides is 1. The van der Waals surface area contributed by atoms with Gasteiger partial charge in [0.2, 0.25) is 0 Å². The minimum Gasteiger partial charge on any atom is -0.497 e. The number of carbonyl (C=O) groups excluding carboxylic acids is 2. The molecule has 0 saturated carbocycles. The number of carbonyl (C=O) groups is 2. The third-order valence-corrected chi connectivity index (χ3v) is 18.3. The van der Waals surface area contributed by atoms with E-state index in [-0.39, 0.29) is 91.4 Å². The van der Waals surface area contributed by atoms with Crippen LogP contribution in [0.4, 0.5) is 4.79 Å². The first kappa shape index (κ1) is 76.9. The average molecular weight is 1450 g/mol. The van der Waals surface area contributed by atoms with Crippen LogP contribution in [-0.2, 0) is 126 Å². The minimum atomic E-state index is -1.60. The second-order valence-electron chi connectivity index (χ2n) is 26.1. The van der Waals surface area contributed by atoms with E-state index in [1.807, 2.05) is 273 Å². The Hall–Kier alpha value is -9.74. The predicted molar refractivity (Wildman–Crippen MR) is 402 cm³/mol. The van der Waals surface area contributed by atoms with Gasteiger partial charge >= 0.3 is 12.1 Å². The summed E-state index contributed by atoms with van der Waals surface area (Å²) < 4.78 is 106. The van der Waals surface area contributed by atoms with Gasteiger partial charge in [-0.2, -0.15) is 0 Å². The second-order valence-corrected chi connectivity index (χ2v) is 26.1. The smallest absolute Gasteiger partial charge is 0.407 e. The summed E-state index contributed by atoms with van der Waals surface area (Å²) in [6.45, 7) is 1.15. The highest BCUT2D eigenvalue weighted by molar-refractivity contribution is 5.89. The van der Waals surface area contributed by atoms with E-state index in [9.17, 15) is 4.79 Å². The number of hydrogen-bond acceptors (Lipinski definition) is 17. The maximum Gasteiger partial charge on any atom is 0.407 e. The molecule has 2 saturated heterocycles. The molecule has 12 atom stereocenters. The topological polar surface area (TPSA) is 185 Å². The Morgan fingerprint density at radius 1 is 0.355 bits per heavy atom. The molecule has 0 aromatic heterocycles. The molecule has 107 heavy (non-hydrogen) atoms. The molecular weight excluding hydrogens is 1350 g/mol. The third kappa shape index (κ3) is 23.9. The molecule has 0 spiro atoms. The monoisotopic (exact) mass is 1450 g/mol. The predicted octanol–water partition coefficient (Wildman–Crippen LogP) is 15.3. The van der Waals surface area contributed by atoms with E-state index in [2.05, 4.69) is 5.32 Å². The zero-order valence-corrected chi connectivity index (χ0v) is 60.1. The van der Waals surface area contributed by atoms with Crippen LogP contribution in [0, 0.1) is 0 Å².